The average molecular weight is 559 g/mol. The smallest absolute Gasteiger partial charge is 0.261 e. The lowest BCUT2D eigenvalue weighted by Gasteiger charge is -2.12. The molecule has 162 valence electrons. The van der Waals surface area contributed by atoms with Crippen molar-refractivity contribution in [3.63, 3.8) is 0 Å². The normalized spacial score (nSPS) is 12.3. The van der Waals surface area contributed by atoms with Gasteiger partial charge in [0.15, 0.2) is 5.96 Å². The van der Waals surface area contributed by atoms with Gasteiger partial charge >= 0.3 is 0 Å². The number of nitrogens with zero attached hydrogens (tertiary/aromatic N) is 1. The van der Waals surface area contributed by atoms with Gasteiger partial charge in [-0.15, -0.1) is 46.7 Å². The average Bonchev–Trinajstić information content (AvgIpc) is 3.41. The number of aliphatic hydroxyl groups is 1. The molecular weight excluding hydrogens is 531 g/mol. The van der Waals surface area contributed by atoms with E-state index in [0.29, 0.717) is 19.0 Å². The standard InChI is InChI=1S/C21H26N4O2S2.HI/c1-2-22-21(24-11-6-10-23-20(27)18-9-5-12-28-18)25-14-16(26)19-13-15-7-3-4-8-17(15)29-19;/h3-5,7-9,12-13,16,26H,2,6,10-11,14H2,1H3,(H,23,27)(H2,22,24,25);1H. The van der Waals surface area contributed by atoms with Crippen LogP contribution < -0.4 is 16.0 Å². The number of fused-ring (bicyclic) bond motifs is 1. The molecular formula is C21H27IN4O2S2. The van der Waals surface area contributed by atoms with E-state index in [4.69, 9.17) is 0 Å². The van der Waals surface area contributed by atoms with E-state index in [-0.39, 0.29) is 36.4 Å². The van der Waals surface area contributed by atoms with E-state index < -0.39 is 6.10 Å². The van der Waals surface area contributed by atoms with Crippen molar-refractivity contribution >= 4 is 68.6 Å². The molecule has 2 heterocycles. The highest BCUT2D eigenvalue weighted by atomic mass is 127. The number of nitrogens with one attached hydrogen (secondary N) is 3. The van der Waals surface area contributed by atoms with Gasteiger partial charge in [-0.2, -0.15) is 0 Å². The molecule has 0 bridgehead atoms. The summed E-state index contributed by atoms with van der Waals surface area (Å²) in [4.78, 5) is 18.0. The van der Waals surface area contributed by atoms with Gasteiger partial charge in [0, 0.05) is 29.2 Å². The third kappa shape index (κ3) is 7.22. The van der Waals surface area contributed by atoms with Crippen molar-refractivity contribution in [1.82, 2.24) is 16.0 Å². The highest BCUT2D eigenvalue weighted by molar-refractivity contribution is 14.0. The topological polar surface area (TPSA) is 85.8 Å². The first kappa shape index (κ1) is 24.6. The van der Waals surface area contributed by atoms with Gasteiger partial charge in [0.1, 0.15) is 6.10 Å². The van der Waals surface area contributed by atoms with Gasteiger partial charge < -0.3 is 21.1 Å². The molecule has 0 aliphatic heterocycles. The first-order valence-electron chi connectivity index (χ1n) is 9.67. The van der Waals surface area contributed by atoms with Crippen LogP contribution in [0.25, 0.3) is 10.1 Å². The van der Waals surface area contributed by atoms with E-state index in [1.54, 1.807) is 11.3 Å². The highest BCUT2D eigenvalue weighted by Gasteiger charge is 2.11. The molecule has 0 aliphatic rings. The Bertz CT molecular complexity index is 911. The van der Waals surface area contributed by atoms with Gasteiger partial charge in [-0.05, 0) is 42.3 Å². The van der Waals surface area contributed by atoms with E-state index in [1.165, 1.54) is 16.0 Å². The second kappa shape index (κ2) is 12.9. The minimum absolute atomic E-state index is 0. The first-order valence-corrected chi connectivity index (χ1v) is 11.4. The maximum atomic E-state index is 11.9. The summed E-state index contributed by atoms with van der Waals surface area (Å²) in [6.45, 7) is 4.29. The molecule has 1 atom stereocenters. The second-order valence-electron chi connectivity index (χ2n) is 6.44. The van der Waals surface area contributed by atoms with E-state index in [1.807, 2.05) is 48.7 Å². The molecule has 4 N–H and O–H groups in total. The Morgan fingerprint density at radius 2 is 1.93 bits per heavy atom. The van der Waals surface area contributed by atoms with Gasteiger partial charge in [0.05, 0.1) is 11.4 Å². The van der Waals surface area contributed by atoms with Gasteiger partial charge in [-0.25, -0.2) is 0 Å². The summed E-state index contributed by atoms with van der Waals surface area (Å²) in [7, 11) is 0. The van der Waals surface area contributed by atoms with Crippen LogP contribution in [0.2, 0.25) is 0 Å². The SMILES string of the molecule is CCNC(=NCC(O)c1cc2ccccc2s1)NCCCNC(=O)c1cccs1.I. The molecule has 30 heavy (non-hydrogen) atoms. The summed E-state index contributed by atoms with van der Waals surface area (Å²) in [5, 5.41) is 22.9. The Kier molecular flexibility index (Phi) is 10.6. The van der Waals surface area contributed by atoms with E-state index in [9.17, 15) is 9.90 Å². The fourth-order valence-corrected chi connectivity index (χ4v) is 4.45. The summed E-state index contributed by atoms with van der Waals surface area (Å²) >= 11 is 3.03. The number of halogens is 1. The van der Waals surface area contributed by atoms with Crippen molar-refractivity contribution < 1.29 is 9.90 Å². The van der Waals surface area contributed by atoms with Crippen LogP contribution in [-0.4, -0.2) is 43.2 Å². The van der Waals surface area contributed by atoms with Gasteiger partial charge in [0.25, 0.3) is 5.91 Å². The minimum atomic E-state index is -0.632. The number of hydrogen-bond acceptors (Lipinski definition) is 5. The number of aliphatic imine (C=N–C) groups is 1. The van der Waals surface area contributed by atoms with Crippen LogP contribution >= 0.6 is 46.7 Å². The molecule has 0 saturated carbocycles. The third-order valence-electron chi connectivity index (χ3n) is 4.22. The van der Waals surface area contributed by atoms with Gasteiger partial charge in [-0.1, -0.05) is 24.3 Å². The zero-order chi connectivity index (χ0) is 20.5. The molecule has 0 saturated heterocycles. The van der Waals surface area contributed by atoms with Crippen LogP contribution in [-0.2, 0) is 0 Å². The fraction of sp³-hybridized carbons (Fsp3) is 0.333. The largest absolute Gasteiger partial charge is 0.386 e. The minimum Gasteiger partial charge on any atom is -0.386 e. The lowest BCUT2D eigenvalue weighted by Crippen LogP contribution is -2.39. The Hall–Kier alpha value is -1.69. The molecule has 2 aromatic heterocycles. The second-order valence-corrected chi connectivity index (χ2v) is 8.50. The van der Waals surface area contributed by atoms with Crippen LogP contribution in [0.5, 0.6) is 0 Å². The lowest BCUT2D eigenvalue weighted by atomic mass is 10.2. The summed E-state index contributed by atoms with van der Waals surface area (Å²) < 4.78 is 1.17. The number of rotatable bonds is 9. The molecule has 1 unspecified atom stereocenters. The van der Waals surface area contributed by atoms with Crippen molar-refractivity contribution in [2.24, 2.45) is 4.99 Å². The first-order chi connectivity index (χ1) is 14.2. The Morgan fingerprint density at radius 1 is 1.13 bits per heavy atom. The van der Waals surface area contributed by atoms with E-state index >= 15 is 0 Å². The van der Waals surface area contributed by atoms with E-state index in [0.717, 1.165) is 28.1 Å². The van der Waals surface area contributed by atoms with Crippen molar-refractivity contribution in [1.29, 1.82) is 0 Å². The third-order valence-corrected chi connectivity index (χ3v) is 6.30. The monoisotopic (exact) mass is 558 g/mol. The summed E-state index contributed by atoms with van der Waals surface area (Å²) in [5.74, 6) is 0.629. The predicted molar refractivity (Wildman–Crippen MR) is 137 cm³/mol. The van der Waals surface area contributed by atoms with Crippen molar-refractivity contribution in [2.45, 2.75) is 19.4 Å². The number of guanidine groups is 1. The lowest BCUT2D eigenvalue weighted by molar-refractivity contribution is 0.0957. The predicted octanol–water partition coefficient (Wildman–Crippen LogP) is 3.99. The van der Waals surface area contributed by atoms with Crippen LogP contribution in [0.3, 0.4) is 0 Å². The summed E-state index contributed by atoms with van der Waals surface area (Å²) in [6, 6.07) is 13.8. The van der Waals surface area contributed by atoms with Crippen molar-refractivity contribution in [2.75, 3.05) is 26.2 Å². The number of carbonyl (C=O) groups is 1. The molecule has 1 amide bonds. The highest BCUT2D eigenvalue weighted by Crippen LogP contribution is 2.29. The number of carbonyl (C=O) groups excluding carboxylic acids is 1. The molecule has 0 radical (unpaired) electrons. The molecule has 3 rings (SSSR count). The molecule has 1 aromatic carbocycles. The van der Waals surface area contributed by atoms with E-state index in [2.05, 4.69) is 27.0 Å². The number of aliphatic hydroxyl groups excluding tert-OH is 1. The number of benzene rings is 1. The molecule has 6 nitrogen and oxygen atoms in total. The van der Waals surface area contributed by atoms with Crippen LogP contribution in [0.1, 0.15) is 34.0 Å². The van der Waals surface area contributed by atoms with Crippen molar-refractivity contribution in [3.05, 3.63) is 57.6 Å². The van der Waals surface area contributed by atoms with Crippen molar-refractivity contribution in [3.8, 4) is 0 Å². The maximum Gasteiger partial charge on any atom is 0.261 e. The summed E-state index contributed by atoms with van der Waals surface area (Å²) in [5.41, 5.74) is 0. The molecule has 3 aromatic rings. The van der Waals surface area contributed by atoms with Crippen LogP contribution in [0.4, 0.5) is 0 Å². The molecule has 0 spiro atoms. The maximum absolute atomic E-state index is 11.9. The molecule has 9 heteroatoms. The van der Waals surface area contributed by atoms with Crippen LogP contribution in [0, 0.1) is 0 Å². The Morgan fingerprint density at radius 3 is 2.67 bits per heavy atom. The Balaban J connectivity index is 0.00000320. The fourth-order valence-electron chi connectivity index (χ4n) is 2.77. The number of thiophene rings is 2. The Labute approximate surface area is 201 Å². The molecule has 0 fully saturated rings. The quantitative estimate of drug-likeness (QED) is 0.139. The zero-order valence-electron chi connectivity index (χ0n) is 16.8. The van der Waals surface area contributed by atoms with Gasteiger partial charge in [-0.3, -0.25) is 9.79 Å². The van der Waals surface area contributed by atoms with Crippen LogP contribution in [0.15, 0.2) is 52.8 Å². The number of amides is 1. The molecule has 0 aliphatic carbocycles. The summed E-state index contributed by atoms with van der Waals surface area (Å²) in [6.07, 6.45) is 0.147. The zero-order valence-corrected chi connectivity index (χ0v) is 20.7. The van der Waals surface area contributed by atoms with Gasteiger partial charge in [0.2, 0.25) is 0 Å². The number of hydrogen-bond donors (Lipinski definition) is 4.